The summed E-state index contributed by atoms with van der Waals surface area (Å²) in [6, 6.07) is 0. The maximum atomic E-state index is 12.0. The number of halogens is 1. The summed E-state index contributed by atoms with van der Waals surface area (Å²) in [5, 5.41) is 3.55. The van der Waals surface area contributed by atoms with Gasteiger partial charge in [-0.1, -0.05) is 27.7 Å². The molecule has 0 fully saturated rings. The number of rotatable bonds is 8. The Hall–Kier alpha value is -1.06. The minimum absolute atomic E-state index is 0.105. The van der Waals surface area contributed by atoms with Crippen LogP contribution in [0.25, 0.3) is 10.4 Å². The average Bonchev–Trinajstić information content (AvgIpc) is 2.43. The number of esters is 2. The second kappa shape index (κ2) is 8.28. The van der Waals surface area contributed by atoms with Gasteiger partial charge in [-0.25, -0.2) is 0 Å². The van der Waals surface area contributed by atoms with E-state index in [1.165, 1.54) is 21.1 Å². The third kappa shape index (κ3) is 4.22. The summed E-state index contributed by atoms with van der Waals surface area (Å²) in [6.45, 7) is 3.48. The predicted octanol–water partition coefficient (Wildman–Crippen LogP) is 2.21. The molecule has 0 aliphatic rings. The lowest BCUT2D eigenvalue weighted by molar-refractivity contribution is -0.173. The SMILES string of the molecule is CCOC(C)(CC(CI)(C(=O)OC)C(=O)OC)N=[N+]=[N-]. The van der Waals surface area contributed by atoms with Gasteiger partial charge >= 0.3 is 11.9 Å². The van der Waals surface area contributed by atoms with E-state index in [1.54, 1.807) is 6.92 Å². The lowest BCUT2D eigenvalue weighted by Crippen LogP contribution is -2.48. The number of carbonyl (C=O) groups is 2. The number of carbonyl (C=O) groups excluding carboxylic acids is 2. The van der Waals surface area contributed by atoms with Gasteiger partial charge in [-0.3, -0.25) is 9.59 Å². The first-order valence-electron chi connectivity index (χ1n) is 5.78. The molecule has 0 aliphatic heterocycles. The van der Waals surface area contributed by atoms with Crippen molar-refractivity contribution in [3.8, 4) is 0 Å². The van der Waals surface area contributed by atoms with Crippen molar-refractivity contribution in [1.82, 2.24) is 0 Å². The minimum atomic E-state index is -1.58. The largest absolute Gasteiger partial charge is 0.468 e. The Labute approximate surface area is 130 Å². The van der Waals surface area contributed by atoms with Crippen LogP contribution in [0.4, 0.5) is 0 Å². The predicted molar refractivity (Wildman–Crippen MR) is 79.1 cm³/mol. The van der Waals surface area contributed by atoms with Crippen LogP contribution in [-0.2, 0) is 23.8 Å². The van der Waals surface area contributed by atoms with E-state index in [4.69, 9.17) is 19.7 Å². The molecule has 0 amide bonds. The molecule has 9 heteroatoms. The fraction of sp³-hybridized carbons (Fsp3) is 0.818. The van der Waals surface area contributed by atoms with E-state index in [9.17, 15) is 9.59 Å². The van der Waals surface area contributed by atoms with Crippen molar-refractivity contribution in [2.75, 3.05) is 25.3 Å². The molecule has 0 saturated carbocycles. The van der Waals surface area contributed by atoms with Crippen molar-refractivity contribution in [3.63, 3.8) is 0 Å². The molecule has 20 heavy (non-hydrogen) atoms. The second-order valence-electron chi connectivity index (χ2n) is 4.17. The van der Waals surface area contributed by atoms with Gasteiger partial charge in [-0.2, -0.15) is 0 Å². The Morgan fingerprint density at radius 1 is 1.30 bits per heavy atom. The van der Waals surface area contributed by atoms with E-state index in [-0.39, 0.29) is 17.5 Å². The standard InChI is InChI=1S/C11H18IN3O5/c1-5-20-10(2,14-15-13)6-11(7-12,8(16)18-3)9(17)19-4/h5-7H2,1-4H3. The van der Waals surface area contributed by atoms with Gasteiger partial charge in [0.1, 0.15) is 5.72 Å². The number of methoxy groups -OCH3 is 2. The van der Waals surface area contributed by atoms with Gasteiger partial charge in [-0.15, -0.1) is 0 Å². The highest BCUT2D eigenvalue weighted by atomic mass is 127. The van der Waals surface area contributed by atoms with Gasteiger partial charge in [0, 0.05) is 22.4 Å². The third-order valence-corrected chi connectivity index (χ3v) is 4.02. The number of alkyl halides is 1. The molecule has 114 valence electrons. The van der Waals surface area contributed by atoms with E-state index in [1.807, 2.05) is 22.6 Å². The first kappa shape index (κ1) is 18.9. The molecule has 0 aliphatic carbocycles. The fourth-order valence-corrected chi connectivity index (χ4v) is 2.75. The van der Waals surface area contributed by atoms with Gasteiger partial charge in [-0.05, 0) is 19.4 Å². The number of hydrogen-bond acceptors (Lipinski definition) is 6. The van der Waals surface area contributed by atoms with Crippen LogP contribution in [-0.4, -0.2) is 42.9 Å². The van der Waals surface area contributed by atoms with Crippen LogP contribution in [0.15, 0.2) is 5.11 Å². The van der Waals surface area contributed by atoms with Crippen molar-refractivity contribution < 1.29 is 23.8 Å². The molecule has 8 nitrogen and oxygen atoms in total. The molecule has 0 saturated heterocycles. The summed E-state index contributed by atoms with van der Waals surface area (Å²) in [4.78, 5) is 26.8. The normalized spacial score (nSPS) is 13.8. The number of azide groups is 1. The van der Waals surface area contributed by atoms with Crippen LogP contribution in [0.3, 0.4) is 0 Å². The van der Waals surface area contributed by atoms with Crippen molar-refractivity contribution in [3.05, 3.63) is 10.4 Å². The lowest BCUT2D eigenvalue weighted by atomic mass is 9.82. The van der Waals surface area contributed by atoms with Gasteiger partial charge in [0.15, 0.2) is 5.41 Å². The van der Waals surface area contributed by atoms with Gasteiger partial charge in [0.2, 0.25) is 0 Å². The molecule has 0 N–H and O–H groups in total. The zero-order chi connectivity index (χ0) is 15.8. The first-order valence-corrected chi connectivity index (χ1v) is 7.31. The monoisotopic (exact) mass is 399 g/mol. The number of ether oxygens (including phenoxy) is 3. The molecule has 0 heterocycles. The average molecular weight is 399 g/mol. The highest BCUT2D eigenvalue weighted by Crippen LogP contribution is 2.36. The van der Waals surface area contributed by atoms with Crippen molar-refractivity contribution >= 4 is 34.5 Å². The molecule has 1 atom stereocenters. The summed E-state index contributed by atoms with van der Waals surface area (Å²) < 4.78 is 14.9. The smallest absolute Gasteiger partial charge is 0.324 e. The Morgan fingerprint density at radius 3 is 2.10 bits per heavy atom. The summed E-state index contributed by atoms with van der Waals surface area (Å²) in [6.07, 6.45) is -0.166. The highest BCUT2D eigenvalue weighted by molar-refractivity contribution is 14.1. The van der Waals surface area contributed by atoms with E-state index in [2.05, 4.69) is 10.0 Å². The van der Waals surface area contributed by atoms with Gasteiger partial charge in [0.25, 0.3) is 0 Å². The number of hydrogen-bond donors (Lipinski definition) is 0. The minimum Gasteiger partial charge on any atom is -0.468 e. The highest BCUT2D eigenvalue weighted by Gasteiger charge is 2.52. The van der Waals surface area contributed by atoms with Crippen LogP contribution in [0, 0.1) is 5.41 Å². The molecular weight excluding hydrogens is 381 g/mol. The summed E-state index contributed by atoms with van der Waals surface area (Å²) in [5.41, 5.74) is 5.70. The summed E-state index contributed by atoms with van der Waals surface area (Å²) in [7, 11) is 2.36. The van der Waals surface area contributed by atoms with E-state index < -0.39 is 23.1 Å². The van der Waals surface area contributed by atoms with E-state index >= 15 is 0 Å². The maximum Gasteiger partial charge on any atom is 0.324 e. The van der Waals surface area contributed by atoms with Gasteiger partial charge in [0.05, 0.1) is 14.2 Å². The molecule has 1 unspecified atom stereocenters. The molecule has 0 bridgehead atoms. The Bertz CT molecular complexity index is 395. The molecule has 0 radical (unpaired) electrons. The van der Waals surface area contributed by atoms with Crippen LogP contribution in [0.2, 0.25) is 0 Å². The summed E-state index contributed by atoms with van der Waals surface area (Å²) >= 11 is 1.88. The molecule has 0 aromatic heterocycles. The number of nitrogens with zero attached hydrogens (tertiary/aromatic N) is 3. The first-order chi connectivity index (χ1) is 9.35. The molecular formula is C11H18IN3O5. The van der Waals surface area contributed by atoms with Crippen molar-refractivity contribution in [2.24, 2.45) is 10.5 Å². The zero-order valence-electron chi connectivity index (χ0n) is 11.9. The lowest BCUT2D eigenvalue weighted by Gasteiger charge is -2.33. The third-order valence-electron chi connectivity index (χ3n) is 2.72. The topological polar surface area (TPSA) is 111 Å². The molecule has 0 spiro atoms. The second-order valence-corrected chi connectivity index (χ2v) is 4.94. The van der Waals surface area contributed by atoms with Crippen LogP contribution < -0.4 is 0 Å². The van der Waals surface area contributed by atoms with E-state index in [0.29, 0.717) is 0 Å². The van der Waals surface area contributed by atoms with Crippen LogP contribution in [0.1, 0.15) is 20.3 Å². The quantitative estimate of drug-likeness (QED) is 0.118. The van der Waals surface area contributed by atoms with Gasteiger partial charge < -0.3 is 14.2 Å². The van der Waals surface area contributed by atoms with Crippen LogP contribution >= 0.6 is 22.6 Å². The Kier molecular flexibility index (Phi) is 7.84. The Morgan fingerprint density at radius 2 is 1.80 bits per heavy atom. The molecule has 0 rings (SSSR count). The molecule has 0 aromatic carbocycles. The Balaban J connectivity index is 5.70. The van der Waals surface area contributed by atoms with Crippen molar-refractivity contribution in [2.45, 2.75) is 26.0 Å². The maximum absolute atomic E-state index is 12.0. The van der Waals surface area contributed by atoms with E-state index in [0.717, 1.165) is 0 Å². The zero-order valence-corrected chi connectivity index (χ0v) is 14.0. The van der Waals surface area contributed by atoms with Crippen LogP contribution in [0.5, 0.6) is 0 Å². The summed E-state index contributed by atoms with van der Waals surface area (Å²) in [5.74, 6) is -1.50. The fourth-order valence-electron chi connectivity index (χ4n) is 1.86. The molecule has 0 aromatic rings. The van der Waals surface area contributed by atoms with Crippen molar-refractivity contribution in [1.29, 1.82) is 0 Å².